The molecule has 2 N–H and O–H groups in total. The van der Waals surface area contributed by atoms with Crippen LogP contribution < -0.4 is 10.6 Å². The predicted octanol–water partition coefficient (Wildman–Crippen LogP) is 1.46. The first-order valence-corrected chi connectivity index (χ1v) is 7.91. The van der Waals surface area contributed by atoms with E-state index in [0.29, 0.717) is 19.4 Å². The molecular weight excluding hydrogens is 294 g/mol. The van der Waals surface area contributed by atoms with Gasteiger partial charge >= 0.3 is 6.03 Å². The van der Waals surface area contributed by atoms with Gasteiger partial charge in [0, 0.05) is 6.54 Å². The molecule has 1 aromatic carbocycles. The number of hydrogen-bond donors (Lipinski definition) is 2. The first-order valence-electron chi connectivity index (χ1n) is 7.91. The van der Waals surface area contributed by atoms with Crippen molar-refractivity contribution in [2.75, 3.05) is 13.1 Å². The molecule has 23 heavy (non-hydrogen) atoms. The number of nitrogens with zero attached hydrogens (tertiary/aromatic N) is 1. The number of benzene rings is 1. The quantitative estimate of drug-likeness (QED) is 0.747. The van der Waals surface area contributed by atoms with Crippen LogP contribution in [-0.4, -0.2) is 41.4 Å². The molecule has 124 valence electrons. The Balaban J connectivity index is 1.97. The van der Waals surface area contributed by atoms with Gasteiger partial charge < -0.3 is 10.6 Å². The molecule has 4 amide bonds. The zero-order valence-electron chi connectivity index (χ0n) is 13.6. The van der Waals surface area contributed by atoms with Crippen molar-refractivity contribution < 1.29 is 14.4 Å². The third-order valence-electron chi connectivity index (χ3n) is 3.98. The molecule has 6 nitrogen and oxygen atoms in total. The number of rotatable bonds is 7. The SMILES string of the molecule is CCCNC(=O)CN1C(=O)N[C@](C)(CCc2ccccc2)C1=O. The lowest BCUT2D eigenvalue weighted by Crippen LogP contribution is -2.45. The first kappa shape index (κ1) is 17.0. The van der Waals surface area contributed by atoms with Crippen LogP contribution >= 0.6 is 0 Å². The van der Waals surface area contributed by atoms with Crippen LogP contribution in [0.1, 0.15) is 32.3 Å². The van der Waals surface area contributed by atoms with E-state index in [1.807, 2.05) is 37.3 Å². The fraction of sp³-hybridized carbons (Fsp3) is 0.471. The van der Waals surface area contributed by atoms with Gasteiger partial charge in [-0.25, -0.2) is 4.79 Å². The lowest BCUT2D eigenvalue weighted by Gasteiger charge is -2.21. The topological polar surface area (TPSA) is 78.5 Å². The second-order valence-corrected chi connectivity index (χ2v) is 5.99. The molecule has 2 rings (SSSR count). The van der Waals surface area contributed by atoms with Gasteiger partial charge in [0.2, 0.25) is 5.91 Å². The highest BCUT2D eigenvalue weighted by molar-refractivity contribution is 6.08. The van der Waals surface area contributed by atoms with Gasteiger partial charge in [-0.1, -0.05) is 37.3 Å². The number of carbonyl (C=O) groups excluding carboxylic acids is 3. The van der Waals surface area contributed by atoms with Crippen LogP contribution in [0.5, 0.6) is 0 Å². The second-order valence-electron chi connectivity index (χ2n) is 5.99. The highest BCUT2D eigenvalue weighted by atomic mass is 16.2. The average Bonchev–Trinajstić information content (AvgIpc) is 2.76. The molecule has 0 spiro atoms. The summed E-state index contributed by atoms with van der Waals surface area (Å²) in [6.45, 7) is 3.95. The summed E-state index contributed by atoms with van der Waals surface area (Å²) in [4.78, 5) is 37.3. The van der Waals surface area contributed by atoms with E-state index in [1.54, 1.807) is 6.92 Å². The molecule has 1 aliphatic heterocycles. The summed E-state index contributed by atoms with van der Waals surface area (Å²) in [5.41, 5.74) is 0.146. The van der Waals surface area contributed by atoms with Crippen molar-refractivity contribution in [1.29, 1.82) is 0 Å². The summed E-state index contributed by atoms with van der Waals surface area (Å²) in [5.74, 6) is -0.660. The van der Waals surface area contributed by atoms with Crippen LogP contribution in [0.2, 0.25) is 0 Å². The van der Waals surface area contributed by atoms with Crippen molar-refractivity contribution in [3.05, 3.63) is 35.9 Å². The molecule has 0 radical (unpaired) electrons. The van der Waals surface area contributed by atoms with Gasteiger partial charge in [0.15, 0.2) is 0 Å². The molecule has 0 bridgehead atoms. The van der Waals surface area contributed by atoms with Gasteiger partial charge in [0.05, 0.1) is 0 Å². The third kappa shape index (κ3) is 4.09. The molecule has 0 aromatic heterocycles. The van der Waals surface area contributed by atoms with Crippen LogP contribution in [0.25, 0.3) is 0 Å². The van der Waals surface area contributed by atoms with Gasteiger partial charge in [-0.3, -0.25) is 14.5 Å². The summed E-state index contributed by atoms with van der Waals surface area (Å²) in [5, 5.41) is 5.39. The Bertz CT molecular complexity index is 588. The Hall–Kier alpha value is -2.37. The van der Waals surface area contributed by atoms with Crippen molar-refractivity contribution in [2.45, 2.75) is 38.6 Å². The zero-order valence-corrected chi connectivity index (χ0v) is 13.6. The Labute approximate surface area is 136 Å². The van der Waals surface area contributed by atoms with E-state index in [4.69, 9.17) is 0 Å². The molecule has 0 unspecified atom stereocenters. The maximum atomic E-state index is 12.5. The van der Waals surface area contributed by atoms with E-state index in [0.717, 1.165) is 16.9 Å². The van der Waals surface area contributed by atoms with Crippen LogP contribution in [0, 0.1) is 0 Å². The number of aryl methyl sites for hydroxylation is 1. The molecule has 0 aliphatic carbocycles. The largest absolute Gasteiger partial charge is 0.355 e. The highest BCUT2D eigenvalue weighted by Gasteiger charge is 2.47. The van der Waals surface area contributed by atoms with E-state index in [2.05, 4.69) is 10.6 Å². The van der Waals surface area contributed by atoms with Gasteiger partial charge in [-0.15, -0.1) is 0 Å². The molecular formula is C17H23N3O3. The van der Waals surface area contributed by atoms with Crippen LogP contribution in [0.3, 0.4) is 0 Å². The van der Waals surface area contributed by atoms with E-state index in [-0.39, 0.29) is 18.4 Å². The Morgan fingerprint density at radius 3 is 2.61 bits per heavy atom. The summed E-state index contributed by atoms with van der Waals surface area (Å²) < 4.78 is 0. The van der Waals surface area contributed by atoms with E-state index < -0.39 is 11.6 Å². The summed E-state index contributed by atoms with van der Waals surface area (Å²) in [7, 11) is 0. The fourth-order valence-electron chi connectivity index (χ4n) is 2.56. The maximum Gasteiger partial charge on any atom is 0.325 e. The molecule has 1 aliphatic rings. The molecule has 1 atom stereocenters. The average molecular weight is 317 g/mol. The van der Waals surface area contributed by atoms with Gasteiger partial charge in [-0.05, 0) is 31.7 Å². The van der Waals surface area contributed by atoms with Crippen molar-refractivity contribution in [1.82, 2.24) is 15.5 Å². The van der Waals surface area contributed by atoms with Crippen LogP contribution in [-0.2, 0) is 16.0 Å². The number of urea groups is 1. The standard InChI is InChI=1S/C17H23N3O3/c1-3-11-18-14(21)12-20-15(22)17(2,19-16(20)23)10-9-13-7-5-4-6-8-13/h4-8H,3,9-12H2,1-2H3,(H,18,21)(H,19,23)/t17-/m1/s1. The van der Waals surface area contributed by atoms with Crippen molar-refractivity contribution in [2.24, 2.45) is 0 Å². The van der Waals surface area contributed by atoms with Gasteiger partial charge in [0.25, 0.3) is 5.91 Å². The Kier molecular flexibility index (Phi) is 5.36. The number of nitrogens with one attached hydrogen (secondary N) is 2. The lowest BCUT2D eigenvalue weighted by molar-refractivity contribution is -0.134. The fourth-order valence-corrected chi connectivity index (χ4v) is 2.56. The monoisotopic (exact) mass is 317 g/mol. The van der Waals surface area contributed by atoms with Crippen LogP contribution in [0.4, 0.5) is 4.79 Å². The van der Waals surface area contributed by atoms with E-state index in [1.165, 1.54) is 0 Å². The number of carbonyl (C=O) groups is 3. The minimum Gasteiger partial charge on any atom is -0.355 e. The normalized spacial score (nSPS) is 20.5. The lowest BCUT2D eigenvalue weighted by atomic mass is 9.93. The van der Waals surface area contributed by atoms with Crippen LogP contribution in [0.15, 0.2) is 30.3 Å². The van der Waals surface area contributed by atoms with E-state index >= 15 is 0 Å². The summed E-state index contributed by atoms with van der Waals surface area (Å²) in [6, 6.07) is 9.29. The second kappa shape index (κ2) is 7.26. The zero-order chi connectivity index (χ0) is 16.9. The van der Waals surface area contributed by atoms with Gasteiger partial charge in [0.1, 0.15) is 12.1 Å². The number of hydrogen-bond acceptors (Lipinski definition) is 3. The number of imide groups is 1. The Morgan fingerprint density at radius 2 is 1.96 bits per heavy atom. The van der Waals surface area contributed by atoms with Gasteiger partial charge in [-0.2, -0.15) is 0 Å². The summed E-state index contributed by atoms with van der Waals surface area (Å²) >= 11 is 0. The minimum absolute atomic E-state index is 0.231. The molecule has 1 heterocycles. The highest BCUT2D eigenvalue weighted by Crippen LogP contribution is 2.23. The van der Waals surface area contributed by atoms with Crippen molar-refractivity contribution >= 4 is 17.8 Å². The van der Waals surface area contributed by atoms with E-state index in [9.17, 15) is 14.4 Å². The third-order valence-corrected chi connectivity index (χ3v) is 3.98. The smallest absolute Gasteiger partial charge is 0.325 e. The number of amides is 4. The minimum atomic E-state index is -0.960. The first-order chi connectivity index (χ1) is 11.0. The molecule has 1 saturated heterocycles. The molecule has 1 fully saturated rings. The molecule has 0 saturated carbocycles. The molecule has 6 heteroatoms. The predicted molar refractivity (Wildman–Crippen MR) is 86.7 cm³/mol. The molecule has 1 aromatic rings. The van der Waals surface area contributed by atoms with Crippen molar-refractivity contribution in [3.8, 4) is 0 Å². The van der Waals surface area contributed by atoms with Crippen molar-refractivity contribution in [3.63, 3.8) is 0 Å². The summed E-state index contributed by atoms with van der Waals surface area (Å²) in [6.07, 6.45) is 1.98. The maximum absolute atomic E-state index is 12.5. The Morgan fingerprint density at radius 1 is 1.26 bits per heavy atom.